The lowest BCUT2D eigenvalue weighted by Crippen LogP contribution is -2.35. The number of allylic oxidation sites excluding steroid dienone is 4. The molecule has 13 heavy (non-hydrogen) atoms. The highest BCUT2D eigenvalue weighted by Crippen LogP contribution is 2.08. The van der Waals surface area contributed by atoms with Crippen LogP contribution in [0.5, 0.6) is 0 Å². The molecule has 0 saturated heterocycles. The largest absolute Gasteiger partial charge is 0.331 e. The van der Waals surface area contributed by atoms with Crippen LogP contribution in [-0.2, 0) is 0 Å². The van der Waals surface area contributed by atoms with Crippen LogP contribution in [0, 0.1) is 0 Å². The molecule has 0 aliphatic rings. The molecular weight excluding hydrogens is 158 g/mol. The van der Waals surface area contributed by atoms with Gasteiger partial charge in [-0.1, -0.05) is 31.4 Å². The lowest BCUT2D eigenvalue weighted by atomic mass is 10.1. The summed E-state index contributed by atoms with van der Waals surface area (Å²) >= 11 is 0. The summed E-state index contributed by atoms with van der Waals surface area (Å²) in [7, 11) is 6.64. The molecule has 0 aromatic heterocycles. The van der Waals surface area contributed by atoms with E-state index in [1.807, 2.05) is 18.2 Å². The number of rotatable bonds is 6. The maximum Gasteiger partial charge on any atom is 0.0783 e. The first kappa shape index (κ1) is 12.2. The second-order valence-electron chi connectivity index (χ2n) is 4.30. The molecule has 0 rings (SSSR count). The molecule has 0 unspecified atom stereocenters. The zero-order valence-corrected chi connectivity index (χ0v) is 9.21. The third-order valence-electron chi connectivity index (χ3n) is 1.89. The van der Waals surface area contributed by atoms with E-state index in [0.29, 0.717) is 0 Å². The lowest BCUT2D eigenvalue weighted by molar-refractivity contribution is -0.870. The summed E-state index contributed by atoms with van der Waals surface area (Å²) in [6, 6.07) is 0. The van der Waals surface area contributed by atoms with Gasteiger partial charge in [0.15, 0.2) is 0 Å². The van der Waals surface area contributed by atoms with Crippen molar-refractivity contribution in [3.8, 4) is 0 Å². The Morgan fingerprint density at radius 1 is 1.23 bits per heavy atom. The smallest absolute Gasteiger partial charge is 0.0783 e. The monoisotopic (exact) mass is 180 g/mol. The fourth-order valence-electron chi connectivity index (χ4n) is 1.16. The van der Waals surface area contributed by atoms with Crippen LogP contribution < -0.4 is 0 Å². The third kappa shape index (κ3) is 7.54. The normalized spacial score (nSPS) is 12.7. The summed E-state index contributed by atoms with van der Waals surface area (Å²) in [5.41, 5.74) is 1.28. The van der Waals surface area contributed by atoms with Gasteiger partial charge >= 0.3 is 0 Å². The fourth-order valence-corrected chi connectivity index (χ4v) is 1.16. The van der Waals surface area contributed by atoms with Gasteiger partial charge < -0.3 is 4.48 Å². The standard InChI is InChI=1S/C12H22N/c1-6-9-12(7-2)10-8-11-13(3,4)5/h6-7,9H,1-2,8,10-11H2,3-5H3/q+1/b12-9+. The van der Waals surface area contributed by atoms with E-state index in [9.17, 15) is 0 Å². The Hall–Kier alpha value is -0.820. The average molecular weight is 180 g/mol. The topological polar surface area (TPSA) is 0 Å². The third-order valence-corrected chi connectivity index (χ3v) is 1.89. The van der Waals surface area contributed by atoms with E-state index in [2.05, 4.69) is 34.3 Å². The van der Waals surface area contributed by atoms with Crippen LogP contribution in [0.4, 0.5) is 0 Å². The maximum atomic E-state index is 3.77. The van der Waals surface area contributed by atoms with Crippen molar-refractivity contribution < 1.29 is 4.48 Å². The molecule has 0 spiro atoms. The second-order valence-corrected chi connectivity index (χ2v) is 4.30. The van der Waals surface area contributed by atoms with E-state index < -0.39 is 0 Å². The molecule has 0 aliphatic heterocycles. The average Bonchev–Trinajstić information content (AvgIpc) is 2.01. The highest BCUT2D eigenvalue weighted by molar-refractivity contribution is 5.20. The molecule has 0 amide bonds. The van der Waals surface area contributed by atoms with Gasteiger partial charge in [0.25, 0.3) is 0 Å². The van der Waals surface area contributed by atoms with Gasteiger partial charge in [0, 0.05) is 6.42 Å². The highest BCUT2D eigenvalue weighted by Gasteiger charge is 2.05. The van der Waals surface area contributed by atoms with Crippen molar-refractivity contribution in [3.05, 3.63) is 37.0 Å². The van der Waals surface area contributed by atoms with Gasteiger partial charge in [-0.15, -0.1) is 0 Å². The van der Waals surface area contributed by atoms with Crippen LogP contribution in [0.1, 0.15) is 12.8 Å². The molecule has 0 saturated carbocycles. The summed E-state index contributed by atoms with van der Waals surface area (Å²) in [6.45, 7) is 8.65. The number of quaternary nitrogens is 1. The van der Waals surface area contributed by atoms with Crippen molar-refractivity contribution >= 4 is 0 Å². The minimum absolute atomic E-state index is 1.03. The van der Waals surface area contributed by atoms with Gasteiger partial charge in [-0.05, 0) is 12.0 Å². The van der Waals surface area contributed by atoms with E-state index in [-0.39, 0.29) is 0 Å². The molecule has 1 nitrogen and oxygen atoms in total. The molecule has 0 aromatic carbocycles. The van der Waals surface area contributed by atoms with Gasteiger partial charge in [-0.3, -0.25) is 0 Å². The van der Waals surface area contributed by atoms with Crippen molar-refractivity contribution in [2.24, 2.45) is 0 Å². The summed E-state index contributed by atoms with van der Waals surface area (Å²) in [4.78, 5) is 0. The zero-order chi connectivity index (χ0) is 10.3. The van der Waals surface area contributed by atoms with Gasteiger partial charge in [-0.25, -0.2) is 0 Å². The Morgan fingerprint density at radius 2 is 1.85 bits per heavy atom. The molecular formula is C12H22N+. The molecule has 1 heteroatoms. The van der Waals surface area contributed by atoms with E-state index in [1.54, 1.807) is 0 Å². The van der Waals surface area contributed by atoms with Gasteiger partial charge in [0.05, 0.1) is 27.7 Å². The first-order valence-electron chi connectivity index (χ1n) is 4.74. The van der Waals surface area contributed by atoms with Crippen LogP contribution in [0.2, 0.25) is 0 Å². The van der Waals surface area contributed by atoms with Crippen molar-refractivity contribution in [2.75, 3.05) is 27.7 Å². The molecule has 0 aromatic rings. The van der Waals surface area contributed by atoms with E-state index in [4.69, 9.17) is 0 Å². The Morgan fingerprint density at radius 3 is 2.23 bits per heavy atom. The van der Waals surface area contributed by atoms with Crippen LogP contribution >= 0.6 is 0 Å². The maximum absolute atomic E-state index is 3.77. The molecule has 0 aliphatic carbocycles. The Balaban J connectivity index is 3.81. The van der Waals surface area contributed by atoms with Crippen molar-refractivity contribution in [1.82, 2.24) is 0 Å². The van der Waals surface area contributed by atoms with Crippen molar-refractivity contribution in [2.45, 2.75) is 12.8 Å². The van der Waals surface area contributed by atoms with Crippen LogP contribution in [0.3, 0.4) is 0 Å². The van der Waals surface area contributed by atoms with Crippen LogP contribution in [0.15, 0.2) is 37.0 Å². The SMILES string of the molecule is C=C/C=C(\C=C)CCC[N+](C)(C)C. The Bertz CT molecular complexity index is 194. The zero-order valence-electron chi connectivity index (χ0n) is 9.21. The molecule has 0 atom stereocenters. The molecule has 0 radical (unpaired) electrons. The van der Waals surface area contributed by atoms with E-state index >= 15 is 0 Å². The number of hydrogen-bond donors (Lipinski definition) is 0. The first-order valence-corrected chi connectivity index (χ1v) is 4.74. The van der Waals surface area contributed by atoms with Crippen LogP contribution in [0.25, 0.3) is 0 Å². The van der Waals surface area contributed by atoms with Gasteiger partial charge in [0.2, 0.25) is 0 Å². The number of hydrogen-bond acceptors (Lipinski definition) is 0. The fraction of sp³-hybridized carbons (Fsp3) is 0.500. The van der Waals surface area contributed by atoms with E-state index in [0.717, 1.165) is 10.9 Å². The second kappa shape index (κ2) is 5.76. The van der Waals surface area contributed by atoms with Gasteiger partial charge in [0.1, 0.15) is 0 Å². The molecule has 74 valence electrons. The quantitative estimate of drug-likeness (QED) is 0.435. The van der Waals surface area contributed by atoms with Gasteiger partial charge in [-0.2, -0.15) is 0 Å². The summed E-state index contributed by atoms with van der Waals surface area (Å²) in [5, 5.41) is 0. The first-order chi connectivity index (χ1) is 5.99. The summed E-state index contributed by atoms with van der Waals surface area (Å²) in [5.74, 6) is 0. The Labute approximate surface area is 82.7 Å². The Kier molecular flexibility index (Phi) is 5.40. The van der Waals surface area contributed by atoms with E-state index in [1.165, 1.54) is 18.5 Å². The summed E-state index contributed by atoms with van der Waals surface area (Å²) < 4.78 is 1.03. The van der Waals surface area contributed by atoms with Crippen molar-refractivity contribution in [1.29, 1.82) is 0 Å². The lowest BCUT2D eigenvalue weighted by Gasteiger charge is -2.23. The highest BCUT2D eigenvalue weighted by atomic mass is 15.3. The molecule has 0 heterocycles. The predicted molar refractivity (Wildman–Crippen MR) is 60.6 cm³/mol. The van der Waals surface area contributed by atoms with Crippen LogP contribution in [-0.4, -0.2) is 32.2 Å². The van der Waals surface area contributed by atoms with Crippen molar-refractivity contribution in [3.63, 3.8) is 0 Å². The minimum atomic E-state index is 1.03. The molecule has 0 fully saturated rings. The predicted octanol–water partition coefficient (Wildman–Crippen LogP) is 2.77. The molecule has 0 N–H and O–H groups in total. The molecule has 0 bridgehead atoms. The number of nitrogens with zero attached hydrogens (tertiary/aromatic N) is 1. The summed E-state index contributed by atoms with van der Waals surface area (Å²) in [6.07, 6.45) is 8.07. The minimum Gasteiger partial charge on any atom is -0.331 e.